The molecule has 2 heteroatoms. The van der Waals surface area contributed by atoms with Gasteiger partial charge < -0.3 is 0 Å². The van der Waals surface area contributed by atoms with Gasteiger partial charge in [-0.1, -0.05) is 13.0 Å². The summed E-state index contributed by atoms with van der Waals surface area (Å²) in [6.45, 7) is 2.02. The number of Topliss-reactive ketones (excluding diaryl/α,β-unsaturated/α-hetero) is 1. The lowest BCUT2D eigenvalue weighted by atomic mass is 10.0. The van der Waals surface area contributed by atoms with Crippen LogP contribution in [0.25, 0.3) is 0 Å². The molecule has 0 aliphatic rings. The van der Waals surface area contributed by atoms with E-state index in [0.29, 0.717) is 18.5 Å². The number of unbranched alkanes of at least 4 members (excludes halogenated alkanes) is 1. The normalized spacial score (nSPS) is 9.60. The second-order valence-electron chi connectivity index (χ2n) is 3.35. The zero-order chi connectivity index (χ0) is 11.1. The number of ketones is 1. The molecule has 0 atom stereocenters. The first-order chi connectivity index (χ1) is 7.29. The highest BCUT2D eigenvalue weighted by atomic mass is 16.1. The molecule has 0 aromatic carbocycles. The van der Waals surface area contributed by atoms with E-state index in [1.165, 1.54) is 0 Å². The van der Waals surface area contributed by atoms with Crippen LogP contribution in [0.1, 0.15) is 42.2 Å². The van der Waals surface area contributed by atoms with Gasteiger partial charge in [0.05, 0.1) is 0 Å². The number of hydrogen-bond acceptors (Lipinski definition) is 2. The van der Waals surface area contributed by atoms with Crippen molar-refractivity contribution in [1.82, 2.24) is 4.98 Å². The van der Waals surface area contributed by atoms with Gasteiger partial charge in [-0.3, -0.25) is 9.78 Å². The summed E-state index contributed by atoms with van der Waals surface area (Å²) in [6.07, 6.45) is 9.52. The Morgan fingerprint density at radius 3 is 3.07 bits per heavy atom. The maximum Gasteiger partial charge on any atom is 0.181 e. The summed E-state index contributed by atoms with van der Waals surface area (Å²) >= 11 is 0. The van der Waals surface area contributed by atoms with E-state index in [4.69, 9.17) is 6.42 Å². The van der Waals surface area contributed by atoms with Gasteiger partial charge in [-0.05, 0) is 24.5 Å². The minimum atomic E-state index is 0.0997. The molecule has 0 radical (unpaired) electrons. The van der Waals surface area contributed by atoms with Crippen LogP contribution in [-0.4, -0.2) is 10.8 Å². The van der Waals surface area contributed by atoms with Crippen molar-refractivity contribution in [3.63, 3.8) is 0 Å². The summed E-state index contributed by atoms with van der Waals surface area (Å²) in [5, 5.41) is 0. The van der Waals surface area contributed by atoms with Crippen LogP contribution in [0.15, 0.2) is 18.3 Å². The van der Waals surface area contributed by atoms with Crippen molar-refractivity contribution in [2.75, 3.05) is 0 Å². The van der Waals surface area contributed by atoms with Crippen LogP contribution in [-0.2, 0) is 6.42 Å². The summed E-state index contributed by atoms with van der Waals surface area (Å²) in [7, 11) is 0. The van der Waals surface area contributed by atoms with Crippen LogP contribution < -0.4 is 0 Å². The van der Waals surface area contributed by atoms with Crippen molar-refractivity contribution >= 4 is 5.78 Å². The maximum atomic E-state index is 11.8. The van der Waals surface area contributed by atoms with Gasteiger partial charge >= 0.3 is 0 Å². The fourth-order valence-electron chi connectivity index (χ4n) is 1.44. The minimum Gasteiger partial charge on any atom is -0.292 e. The second kappa shape index (κ2) is 5.98. The van der Waals surface area contributed by atoms with E-state index < -0.39 is 0 Å². The predicted molar refractivity (Wildman–Crippen MR) is 60.6 cm³/mol. The van der Waals surface area contributed by atoms with Gasteiger partial charge in [0.25, 0.3) is 0 Å². The number of aromatic nitrogens is 1. The highest BCUT2D eigenvalue weighted by Crippen LogP contribution is 2.10. The van der Waals surface area contributed by atoms with Crippen molar-refractivity contribution in [3.05, 3.63) is 29.6 Å². The number of terminal acetylenes is 1. The van der Waals surface area contributed by atoms with E-state index in [0.717, 1.165) is 18.4 Å². The van der Waals surface area contributed by atoms with Gasteiger partial charge in [-0.2, -0.15) is 0 Å². The number of aryl methyl sites for hydroxylation is 1. The Balaban J connectivity index is 2.69. The molecule has 78 valence electrons. The zero-order valence-corrected chi connectivity index (χ0v) is 8.99. The fourth-order valence-corrected chi connectivity index (χ4v) is 1.44. The van der Waals surface area contributed by atoms with Gasteiger partial charge in [0.2, 0.25) is 0 Å². The third-order valence-corrected chi connectivity index (χ3v) is 2.26. The lowest BCUT2D eigenvalue weighted by Crippen LogP contribution is -2.05. The van der Waals surface area contributed by atoms with Gasteiger partial charge in [-0.15, -0.1) is 12.3 Å². The Hall–Kier alpha value is -1.62. The summed E-state index contributed by atoms with van der Waals surface area (Å²) < 4.78 is 0. The number of carbonyl (C=O) groups excluding carboxylic acids is 1. The molecule has 1 heterocycles. The predicted octanol–water partition coefficient (Wildman–Crippen LogP) is 2.63. The van der Waals surface area contributed by atoms with Gasteiger partial charge in [0.15, 0.2) is 5.78 Å². The van der Waals surface area contributed by atoms with E-state index in [9.17, 15) is 4.79 Å². The van der Waals surface area contributed by atoms with E-state index >= 15 is 0 Å². The molecule has 2 nitrogen and oxygen atoms in total. The average Bonchev–Trinajstić information content (AvgIpc) is 2.29. The molecule has 0 aliphatic carbocycles. The van der Waals surface area contributed by atoms with Gasteiger partial charge in [0.1, 0.15) is 5.69 Å². The quantitative estimate of drug-likeness (QED) is 0.416. The Kier molecular flexibility index (Phi) is 4.56. The maximum absolute atomic E-state index is 11.8. The first-order valence-corrected chi connectivity index (χ1v) is 5.20. The van der Waals surface area contributed by atoms with Crippen LogP contribution in [0.4, 0.5) is 0 Å². The van der Waals surface area contributed by atoms with E-state index in [1.807, 2.05) is 19.1 Å². The van der Waals surface area contributed by atoms with Crippen molar-refractivity contribution < 1.29 is 4.79 Å². The van der Waals surface area contributed by atoms with Gasteiger partial charge in [0, 0.05) is 19.0 Å². The van der Waals surface area contributed by atoms with Crippen LogP contribution in [0.2, 0.25) is 0 Å². The lowest BCUT2D eigenvalue weighted by molar-refractivity contribution is 0.0975. The summed E-state index contributed by atoms with van der Waals surface area (Å²) in [4.78, 5) is 15.9. The molecule has 1 aromatic rings. The molecular weight excluding hydrogens is 186 g/mol. The molecule has 0 N–H and O–H groups in total. The third kappa shape index (κ3) is 3.21. The SMILES string of the molecule is C#CCCCC(=O)c1ncccc1CC. The summed E-state index contributed by atoms with van der Waals surface area (Å²) in [5.41, 5.74) is 1.63. The molecule has 0 unspecified atom stereocenters. The summed E-state index contributed by atoms with van der Waals surface area (Å²) in [5.74, 6) is 2.63. The van der Waals surface area contributed by atoms with Crippen LogP contribution in [0, 0.1) is 12.3 Å². The Labute approximate surface area is 90.7 Å². The standard InChI is InChI=1S/C13H15NO/c1-3-5-6-9-12(15)13-11(4-2)8-7-10-14-13/h1,7-8,10H,4-6,9H2,2H3. The highest BCUT2D eigenvalue weighted by Gasteiger charge is 2.10. The van der Waals surface area contributed by atoms with Crippen LogP contribution >= 0.6 is 0 Å². The fraction of sp³-hybridized carbons (Fsp3) is 0.385. The Morgan fingerprint density at radius 1 is 1.60 bits per heavy atom. The summed E-state index contributed by atoms with van der Waals surface area (Å²) in [6, 6.07) is 3.80. The van der Waals surface area contributed by atoms with Crippen molar-refractivity contribution in [1.29, 1.82) is 0 Å². The minimum absolute atomic E-state index is 0.0997. The molecule has 0 saturated carbocycles. The Morgan fingerprint density at radius 2 is 2.40 bits per heavy atom. The highest BCUT2D eigenvalue weighted by molar-refractivity contribution is 5.95. The largest absolute Gasteiger partial charge is 0.292 e. The first kappa shape index (κ1) is 11.5. The number of rotatable bonds is 5. The number of nitrogens with zero attached hydrogens (tertiary/aromatic N) is 1. The number of carbonyl (C=O) groups is 1. The zero-order valence-electron chi connectivity index (χ0n) is 8.99. The molecule has 0 bridgehead atoms. The molecule has 15 heavy (non-hydrogen) atoms. The molecule has 0 saturated heterocycles. The van der Waals surface area contributed by atoms with Gasteiger partial charge in [-0.25, -0.2) is 0 Å². The lowest BCUT2D eigenvalue weighted by Gasteiger charge is -2.04. The second-order valence-corrected chi connectivity index (χ2v) is 3.35. The van der Waals surface area contributed by atoms with Crippen LogP contribution in [0.3, 0.4) is 0 Å². The molecule has 0 spiro atoms. The van der Waals surface area contributed by atoms with Crippen molar-refractivity contribution in [2.24, 2.45) is 0 Å². The number of pyridine rings is 1. The first-order valence-electron chi connectivity index (χ1n) is 5.20. The van der Waals surface area contributed by atoms with Crippen molar-refractivity contribution in [3.8, 4) is 12.3 Å². The van der Waals surface area contributed by atoms with E-state index in [-0.39, 0.29) is 5.78 Å². The topological polar surface area (TPSA) is 30.0 Å². The van der Waals surface area contributed by atoms with Crippen molar-refractivity contribution in [2.45, 2.75) is 32.6 Å². The molecular formula is C13H15NO. The molecule has 0 aliphatic heterocycles. The molecule has 1 rings (SSSR count). The smallest absolute Gasteiger partial charge is 0.181 e. The monoisotopic (exact) mass is 201 g/mol. The number of hydrogen-bond donors (Lipinski definition) is 0. The van der Waals surface area contributed by atoms with E-state index in [2.05, 4.69) is 10.9 Å². The average molecular weight is 201 g/mol. The molecule has 0 fully saturated rings. The Bertz CT molecular complexity index is 376. The van der Waals surface area contributed by atoms with Crippen LogP contribution in [0.5, 0.6) is 0 Å². The van der Waals surface area contributed by atoms with E-state index in [1.54, 1.807) is 6.20 Å². The molecule has 0 amide bonds. The molecule has 1 aromatic heterocycles. The third-order valence-electron chi connectivity index (χ3n) is 2.26.